The molecule has 1 saturated carbocycles. The Labute approximate surface area is 128 Å². The van der Waals surface area contributed by atoms with E-state index in [4.69, 9.17) is 17.3 Å². The van der Waals surface area contributed by atoms with E-state index in [0.29, 0.717) is 0 Å². The molecule has 1 aromatic carbocycles. The van der Waals surface area contributed by atoms with E-state index in [0.717, 1.165) is 18.1 Å². The number of nitrogens with two attached hydrogens (primary N) is 1. The van der Waals surface area contributed by atoms with Gasteiger partial charge < -0.3 is 5.73 Å². The molecule has 3 heteroatoms. The van der Waals surface area contributed by atoms with E-state index in [1.54, 1.807) is 0 Å². The summed E-state index contributed by atoms with van der Waals surface area (Å²) in [5, 5.41) is 0.859. The maximum absolute atomic E-state index is 6.30. The van der Waals surface area contributed by atoms with Crippen molar-refractivity contribution in [3.63, 3.8) is 0 Å². The molecule has 2 nitrogen and oxygen atoms in total. The SMILES string of the molecule is CN(Cc1ccccc1Cl)C1(CN)CCCCCCC1. The van der Waals surface area contributed by atoms with Crippen molar-refractivity contribution in [2.45, 2.75) is 57.0 Å². The summed E-state index contributed by atoms with van der Waals surface area (Å²) in [6.45, 7) is 1.63. The van der Waals surface area contributed by atoms with Crippen molar-refractivity contribution in [2.24, 2.45) is 5.73 Å². The number of nitrogens with zero attached hydrogens (tertiary/aromatic N) is 1. The molecule has 0 spiro atoms. The third kappa shape index (κ3) is 3.75. The first-order valence-electron chi connectivity index (χ1n) is 7.83. The molecule has 1 aliphatic carbocycles. The van der Waals surface area contributed by atoms with Crippen LogP contribution in [0.15, 0.2) is 24.3 Å². The summed E-state index contributed by atoms with van der Waals surface area (Å²) < 4.78 is 0. The van der Waals surface area contributed by atoms with Crippen molar-refractivity contribution in [3.05, 3.63) is 34.9 Å². The normalized spacial score (nSPS) is 19.6. The van der Waals surface area contributed by atoms with Gasteiger partial charge in [0.2, 0.25) is 0 Å². The number of hydrogen-bond donors (Lipinski definition) is 1. The van der Waals surface area contributed by atoms with Crippen LogP contribution in [0.1, 0.15) is 50.5 Å². The van der Waals surface area contributed by atoms with Gasteiger partial charge in [-0.05, 0) is 31.5 Å². The van der Waals surface area contributed by atoms with Crippen molar-refractivity contribution in [2.75, 3.05) is 13.6 Å². The molecule has 0 atom stereocenters. The van der Waals surface area contributed by atoms with Crippen molar-refractivity contribution in [3.8, 4) is 0 Å². The third-order valence-corrected chi connectivity index (χ3v) is 5.21. The minimum Gasteiger partial charge on any atom is -0.329 e. The van der Waals surface area contributed by atoms with Crippen LogP contribution >= 0.6 is 11.6 Å². The minimum atomic E-state index is 0.152. The summed E-state index contributed by atoms with van der Waals surface area (Å²) in [7, 11) is 2.21. The van der Waals surface area contributed by atoms with Gasteiger partial charge in [0.25, 0.3) is 0 Å². The van der Waals surface area contributed by atoms with E-state index in [9.17, 15) is 0 Å². The van der Waals surface area contributed by atoms with E-state index in [1.807, 2.05) is 12.1 Å². The fourth-order valence-electron chi connectivity index (χ4n) is 3.35. The number of halogens is 1. The zero-order valence-corrected chi connectivity index (χ0v) is 13.3. The van der Waals surface area contributed by atoms with E-state index >= 15 is 0 Å². The number of hydrogen-bond acceptors (Lipinski definition) is 2. The van der Waals surface area contributed by atoms with Crippen LogP contribution in [0.25, 0.3) is 0 Å². The molecule has 0 aliphatic heterocycles. The molecule has 0 aromatic heterocycles. The van der Waals surface area contributed by atoms with Crippen LogP contribution in [-0.2, 0) is 6.54 Å². The lowest BCUT2D eigenvalue weighted by molar-refractivity contribution is 0.0866. The van der Waals surface area contributed by atoms with Gasteiger partial charge in [-0.3, -0.25) is 4.90 Å². The van der Waals surface area contributed by atoms with E-state index in [-0.39, 0.29) is 5.54 Å². The standard InChI is InChI=1S/C17H27ClN2/c1-20(13-15-9-5-6-10-16(15)18)17(14-19)11-7-3-2-4-8-12-17/h5-6,9-10H,2-4,7-8,11-14,19H2,1H3. The highest BCUT2D eigenvalue weighted by atomic mass is 35.5. The highest BCUT2D eigenvalue weighted by molar-refractivity contribution is 6.31. The molecule has 0 radical (unpaired) electrons. The van der Waals surface area contributed by atoms with Gasteiger partial charge in [0, 0.05) is 23.7 Å². The molecule has 2 rings (SSSR count). The van der Waals surface area contributed by atoms with E-state index in [2.05, 4.69) is 24.1 Å². The lowest BCUT2D eigenvalue weighted by atomic mass is 9.82. The van der Waals surface area contributed by atoms with Crippen molar-refractivity contribution >= 4 is 11.6 Å². The summed E-state index contributed by atoms with van der Waals surface area (Å²) in [6, 6.07) is 8.13. The van der Waals surface area contributed by atoms with Crippen LogP contribution in [-0.4, -0.2) is 24.0 Å². The van der Waals surface area contributed by atoms with Crippen LogP contribution in [0.2, 0.25) is 5.02 Å². The highest BCUT2D eigenvalue weighted by Crippen LogP contribution is 2.32. The molecule has 0 unspecified atom stereocenters. The molecule has 112 valence electrons. The molecule has 0 amide bonds. The van der Waals surface area contributed by atoms with Gasteiger partial charge in [-0.15, -0.1) is 0 Å². The van der Waals surface area contributed by atoms with Gasteiger partial charge in [-0.1, -0.05) is 61.9 Å². The second kappa shape index (κ2) is 7.44. The number of likely N-dealkylation sites (N-methyl/N-ethyl adjacent to an activating group) is 1. The maximum atomic E-state index is 6.30. The van der Waals surface area contributed by atoms with E-state index < -0.39 is 0 Å². The Morgan fingerprint density at radius 1 is 1.10 bits per heavy atom. The topological polar surface area (TPSA) is 29.3 Å². The number of rotatable bonds is 4. The first-order chi connectivity index (χ1) is 9.68. The van der Waals surface area contributed by atoms with E-state index in [1.165, 1.54) is 50.5 Å². The average Bonchev–Trinajstić information content (AvgIpc) is 2.42. The molecular formula is C17H27ClN2. The lowest BCUT2D eigenvalue weighted by Crippen LogP contribution is -2.52. The Balaban J connectivity index is 2.10. The first kappa shape index (κ1) is 15.8. The molecule has 1 aromatic rings. The first-order valence-corrected chi connectivity index (χ1v) is 8.20. The van der Waals surface area contributed by atoms with Crippen molar-refractivity contribution < 1.29 is 0 Å². The van der Waals surface area contributed by atoms with Crippen molar-refractivity contribution in [1.29, 1.82) is 0 Å². The third-order valence-electron chi connectivity index (χ3n) is 4.84. The van der Waals surface area contributed by atoms with Gasteiger partial charge in [0.1, 0.15) is 0 Å². The Bertz CT molecular complexity index is 411. The zero-order chi connectivity index (χ0) is 14.4. The quantitative estimate of drug-likeness (QED) is 0.901. The molecule has 1 aliphatic rings. The summed E-state index contributed by atoms with van der Waals surface area (Å²) in [6.07, 6.45) is 9.10. The number of benzene rings is 1. The molecular weight excluding hydrogens is 268 g/mol. The van der Waals surface area contributed by atoms with Crippen molar-refractivity contribution in [1.82, 2.24) is 4.90 Å². The summed E-state index contributed by atoms with van der Waals surface area (Å²) in [5.41, 5.74) is 7.53. The Morgan fingerprint density at radius 3 is 2.30 bits per heavy atom. The second-order valence-electron chi connectivity index (χ2n) is 6.14. The Morgan fingerprint density at radius 2 is 1.70 bits per heavy atom. The van der Waals surface area contributed by atoms with Gasteiger partial charge >= 0.3 is 0 Å². The van der Waals surface area contributed by atoms with Gasteiger partial charge in [0.15, 0.2) is 0 Å². The molecule has 2 N–H and O–H groups in total. The maximum Gasteiger partial charge on any atom is 0.0451 e. The van der Waals surface area contributed by atoms with Gasteiger partial charge in [-0.2, -0.15) is 0 Å². The second-order valence-corrected chi connectivity index (χ2v) is 6.55. The van der Waals surface area contributed by atoms with Crippen LogP contribution in [0, 0.1) is 0 Å². The summed E-state index contributed by atoms with van der Waals surface area (Å²) in [5.74, 6) is 0. The fraction of sp³-hybridized carbons (Fsp3) is 0.647. The molecule has 20 heavy (non-hydrogen) atoms. The predicted octanol–water partition coefficient (Wildman–Crippen LogP) is 4.21. The minimum absolute atomic E-state index is 0.152. The molecule has 0 heterocycles. The van der Waals surface area contributed by atoms with Gasteiger partial charge in [0.05, 0.1) is 0 Å². The molecule has 0 saturated heterocycles. The van der Waals surface area contributed by atoms with Crippen LogP contribution in [0.4, 0.5) is 0 Å². The summed E-state index contributed by atoms with van der Waals surface area (Å²) in [4.78, 5) is 2.44. The van der Waals surface area contributed by atoms with Crippen LogP contribution in [0.3, 0.4) is 0 Å². The Kier molecular flexibility index (Phi) is 5.88. The highest BCUT2D eigenvalue weighted by Gasteiger charge is 2.33. The monoisotopic (exact) mass is 294 g/mol. The predicted molar refractivity (Wildman–Crippen MR) is 87.0 cm³/mol. The van der Waals surface area contributed by atoms with Crippen LogP contribution < -0.4 is 5.73 Å². The lowest BCUT2D eigenvalue weighted by Gasteiger charge is -2.43. The molecule has 0 bridgehead atoms. The van der Waals surface area contributed by atoms with Gasteiger partial charge in [-0.25, -0.2) is 0 Å². The largest absolute Gasteiger partial charge is 0.329 e. The van der Waals surface area contributed by atoms with Crippen LogP contribution in [0.5, 0.6) is 0 Å². The average molecular weight is 295 g/mol. The smallest absolute Gasteiger partial charge is 0.0451 e. The Hall–Kier alpha value is -0.570. The molecule has 1 fully saturated rings. The zero-order valence-electron chi connectivity index (χ0n) is 12.6. The summed E-state index contributed by atoms with van der Waals surface area (Å²) >= 11 is 6.30. The fourth-order valence-corrected chi connectivity index (χ4v) is 3.55.